The lowest BCUT2D eigenvalue weighted by Gasteiger charge is -2.27. The first-order valence-electron chi connectivity index (χ1n) is 11.7. The van der Waals surface area contributed by atoms with Gasteiger partial charge in [0.15, 0.2) is 0 Å². The maximum atomic E-state index is 13.5. The Kier molecular flexibility index (Phi) is 8.52. The van der Waals surface area contributed by atoms with Crippen LogP contribution in [0.1, 0.15) is 29.7 Å². The molecule has 1 atom stereocenters. The Hall–Kier alpha value is -3.20. The number of nitrogens with zero attached hydrogens (tertiary/aromatic N) is 2. The van der Waals surface area contributed by atoms with Crippen molar-refractivity contribution in [2.24, 2.45) is 0 Å². The Morgan fingerprint density at radius 1 is 0.971 bits per heavy atom. The molecule has 1 aromatic heterocycles. The predicted octanol–water partition coefficient (Wildman–Crippen LogP) is 4.29. The fraction of sp³-hybridized carbons (Fsp3) is 0.296. The topological polar surface area (TPSA) is 80.1 Å². The fourth-order valence-corrected chi connectivity index (χ4v) is 5.13. The summed E-state index contributed by atoms with van der Waals surface area (Å²) < 4.78 is 39.0. The molecule has 2 heterocycles. The van der Waals surface area contributed by atoms with E-state index in [2.05, 4.69) is 0 Å². The Balaban J connectivity index is 1.55. The molecule has 0 N–H and O–H groups in total. The number of carbonyl (C=O) groups excluding carboxylic acids is 1. The van der Waals surface area contributed by atoms with E-state index in [4.69, 9.17) is 9.15 Å². The Bertz CT molecular complexity index is 1190. The Morgan fingerprint density at radius 3 is 2.37 bits per heavy atom. The van der Waals surface area contributed by atoms with Gasteiger partial charge >= 0.3 is 0 Å². The molecule has 4 rings (SSSR count). The van der Waals surface area contributed by atoms with Crippen molar-refractivity contribution >= 4 is 22.0 Å². The van der Waals surface area contributed by atoms with E-state index in [-0.39, 0.29) is 31.6 Å². The number of sulfonamides is 1. The Morgan fingerprint density at radius 2 is 1.71 bits per heavy atom. The minimum absolute atomic E-state index is 0.132. The molecule has 2 aromatic carbocycles. The van der Waals surface area contributed by atoms with Gasteiger partial charge in [0.1, 0.15) is 5.76 Å². The van der Waals surface area contributed by atoms with E-state index in [9.17, 15) is 13.2 Å². The lowest BCUT2D eigenvalue weighted by atomic mass is 10.2. The molecule has 1 aliphatic heterocycles. The molecular weight excluding hydrogens is 464 g/mol. The van der Waals surface area contributed by atoms with Gasteiger partial charge in [-0.25, -0.2) is 8.42 Å². The molecule has 0 bridgehead atoms. The average Bonchev–Trinajstić information content (AvgIpc) is 3.58. The van der Waals surface area contributed by atoms with Crippen LogP contribution in [0.15, 0.2) is 88.9 Å². The molecule has 184 valence electrons. The SMILES string of the molecule is O=C(CN(CC1CCCO1)S(=O)(=O)C=Cc1ccccc1)N(Cc1ccccc1)Cc1ccco1. The van der Waals surface area contributed by atoms with Gasteiger partial charge in [0.2, 0.25) is 15.9 Å². The van der Waals surface area contributed by atoms with Crippen molar-refractivity contribution in [3.05, 3.63) is 101 Å². The van der Waals surface area contributed by atoms with Gasteiger partial charge in [0.25, 0.3) is 0 Å². The van der Waals surface area contributed by atoms with Gasteiger partial charge in [0, 0.05) is 25.1 Å². The molecule has 0 spiro atoms. The molecular formula is C27H30N2O5S. The van der Waals surface area contributed by atoms with Crippen LogP contribution in [0.3, 0.4) is 0 Å². The van der Waals surface area contributed by atoms with Crippen LogP contribution >= 0.6 is 0 Å². The second kappa shape index (κ2) is 12.0. The minimum atomic E-state index is -3.87. The van der Waals surface area contributed by atoms with Gasteiger partial charge in [0.05, 0.1) is 25.5 Å². The second-order valence-corrected chi connectivity index (χ2v) is 10.3. The minimum Gasteiger partial charge on any atom is -0.467 e. The predicted molar refractivity (Wildman–Crippen MR) is 134 cm³/mol. The molecule has 1 fully saturated rings. The molecule has 1 unspecified atom stereocenters. The third kappa shape index (κ3) is 7.39. The van der Waals surface area contributed by atoms with Crippen LogP contribution in [-0.4, -0.2) is 49.3 Å². The van der Waals surface area contributed by atoms with E-state index in [0.717, 1.165) is 24.0 Å². The molecule has 0 saturated carbocycles. The summed E-state index contributed by atoms with van der Waals surface area (Å²) in [7, 11) is -3.87. The summed E-state index contributed by atoms with van der Waals surface area (Å²) in [4.78, 5) is 15.1. The largest absolute Gasteiger partial charge is 0.467 e. The molecule has 35 heavy (non-hydrogen) atoms. The lowest BCUT2D eigenvalue weighted by molar-refractivity contribution is -0.133. The second-order valence-electron chi connectivity index (χ2n) is 8.50. The van der Waals surface area contributed by atoms with Crippen molar-refractivity contribution in [2.75, 3.05) is 19.7 Å². The monoisotopic (exact) mass is 494 g/mol. The highest BCUT2D eigenvalue weighted by molar-refractivity contribution is 7.92. The molecule has 1 saturated heterocycles. The molecule has 0 radical (unpaired) electrons. The van der Waals surface area contributed by atoms with Crippen LogP contribution in [0.25, 0.3) is 6.08 Å². The van der Waals surface area contributed by atoms with Crippen LogP contribution in [-0.2, 0) is 32.6 Å². The standard InChI is InChI=1S/C27H30N2O5S/c30-27(28(20-25-13-7-16-33-25)19-24-11-5-2-6-12-24)22-29(21-26-14-8-17-34-26)35(31,32)18-15-23-9-3-1-4-10-23/h1-7,9-13,15-16,18,26H,8,14,17,19-22H2. The van der Waals surface area contributed by atoms with E-state index >= 15 is 0 Å². The zero-order chi connectivity index (χ0) is 24.5. The van der Waals surface area contributed by atoms with Crippen molar-refractivity contribution in [2.45, 2.75) is 32.0 Å². The summed E-state index contributed by atoms with van der Waals surface area (Å²) in [6.45, 7) is 1.04. The normalized spacial score (nSPS) is 16.2. The van der Waals surface area contributed by atoms with E-state index in [1.54, 1.807) is 29.4 Å². The highest BCUT2D eigenvalue weighted by Gasteiger charge is 2.30. The number of carbonyl (C=O) groups is 1. The highest BCUT2D eigenvalue weighted by atomic mass is 32.2. The van der Waals surface area contributed by atoms with Crippen LogP contribution < -0.4 is 0 Å². The van der Waals surface area contributed by atoms with Gasteiger partial charge in [-0.15, -0.1) is 0 Å². The van der Waals surface area contributed by atoms with Crippen LogP contribution in [0.2, 0.25) is 0 Å². The van der Waals surface area contributed by atoms with Gasteiger partial charge in [-0.1, -0.05) is 60.7 Å². The molecule has 1 aliphatic rings. The van der Waals surface area contributed by atoms with Crippen LogP contribution in [0.4, 0.5) is 0 Å². The third-order valence-electron chi connectivity index (χ3n) is 5.83. The Labute approximate surface area is 206 Å². The number of furan rings is 1. The first-order valence-corrected chi connectivity index (χ1v) is 13.2. The maximum Gasteiger partial charge on any atom is 0.238 e. The quantitative estimate of drug-likeness (QED) is 0.397. The average molecular weight is 495 g/mol. The number of benzene rings is 2. The smallest absolute Gasteiger partial charge is 0.238 e. The summed E-state index contributed by atoms with van der Waals surface area (Å²) in [5.41, 5.74) is 1.72. The number of hydrogen-bond acceptors (Lipinski definition) is 5. The summed E-state index contributed by atoms with van der Waals surface area (Å²) >= 11 is 0. The summed E-state index contributed by atoms with van der Waals surface area (Å²) in [5, 5.41) is 1.17. The van der Waals surface area contributed by atoms with Crippen molar-refractivity contribution in [1.82, 2.24) is 9.21 Å². The van der Waals surface area contributed by atoms with Crippen molar-refractivity contribution in [3.8, 4) is 0 Å². The lowest BCUT2D eigenvalue weighted by Crippen LogP contribution is -2.44. The van der Waals surface area contributed by atoms with Gasteiger partial charge in [-0.3, -0.25) is 4.79 Å². The first-order chi connectivity index (χ1) is 17.0. The number of ether oxygens (including phenoxy) is 1. The van der Waals surface area contributed by atoms with Gasteiger partial charge < -0.3 is 14.1 Å². The zero-order valence-corrected chi connectivity index (χ0v) is 20.3. The summed E-state index contributed by atoms with van der Waals surface area (Å²) in [6.07, 6.45) is 4.53. The zero-order valence-electron chi connectivity index (χ0n) is 19.5. The highest BCUT2D eigenvalue weighted by Crippen LogP contribution is 2.18. The van der Waals surface area contributed by atoms with Crippen molar-refractivity contribution in [3.63, 3.8) is 0 Å². The number of rotatable bonds is 11. The maximum absolute atomic E-state index is 13.5. The van der Waals surface area contributed by atoms with Gasteiger partial charge in [-0.05, 0) is 42.2 Å². The van der Waals surface area contributed by atoms with E-state index in [0.29, 0.717) is 18.9 Å². The van der Waals surface area contributed by atoms with Crippen molar-refractivity contribution in [1.29, 1.82) is 0 Å². The van der Waals surface area contributed by atoms with E-state index in [1.807, 2.05) is 60.7 Å². The number of amides is 1. The fourth-order valence-electron chi connectivity index (χ4n) is 3.97. The van der Waals surface area contributed by atoms with Crippen LogP contribution in [0, 0.1) is 0 Å². The third-order valence-corrected chi connectivity index (χ3v) is 7.31. The number of hydrogen-bond donors (Lipinski definition) is 0. The van der Waals surface area contributed by atoms with Crippen LogP contribution in [0.5, 0.6) is 0 Å². The van der Waals surface area contributed by atoms with E-state index in [1.165, 1.54) is 9.71 Å². The summed E-state index contributed by atoms with van der Waals surface area (Å²) in [5.74, 6) is 0.326. The van der Waals surface area contributed by atoms with E-state index < -0.39 is 10.0 Å². The first kappa shape index (κ1) is 24.9. The summed E-state index contributed by atoms with van der Waals surface area (Å²) in [6, 6.07) is 22.4. The molecule has 7 nitrogen and oxygen atoms in total. The molecule has 1 amide bonds. The molecule has 3 aromatic rings. The van der Waals surface area contributed by atoms with Gasteiger partial charge in [-0.2, -0.15) is 4.31 Å². The van der Waals surface area contributed by atoms with Crippen molar-refractivity contribution < 1.29 is 22.4 Å². The molecule has 8 heteroatoms. The molecule has 0 aliphatic carbocycles.